The molecular formula is C12H11N5O4S. The molecular weight excluding hydrogens is 310 g/mol. The van der Waals surface area contributed by atoms with Gasteiger partial charge in [-0.2, -0.15) is 4.98 Å². The average molecular weight is 321 g/mol. The third-order valence-electron chi connectivity index (χ3n) is 2.49. The van der Waals surface area contributed by atoms with Crippen molar-refractivity contribution in [1.29, 1.82) is 0 Å². The van der Waals surface area contributed by atoms with Crippen molar-refractivity contribution >= 4 is 35.1 Å². The number of thioether (sulfide) groups is 1. The maximum absolute atomic E-state index is 12.0. The topological polar surface area (TPSA) is 131 Å². The molecule has 1 aromatic carbocycles. The second-order valence-electron chi connectivity index (χ2n) is 4.16. The summed E-state index contributed by atoms with van der Waals surface area (Å²) in [5.41, 5.74) is 0.300. The SMILES string of the molecule is CC(=O)Nc1nc(SCC(=O)c2ccc([N+](=O)[O-])cc2)n[nH]1. The second-order valence-corrected chi connectivity index (χ2v) is 5.11. The van der Waals surface area contributed by atoms with Gasteiger partial charge in [0.25, 0.3) is 5.69 Å². The first-order valence-electron chi connectivity index (χ1n) is 6.06. The van der Waals surface area contributed by atoms with Crippen LogP contribution in [0.3, 0.4) is 0 Å². The number of nitrogens with zero attached hydrogens (tertiary/aromatic N) is 3. The number of rotatable bonds is 6. The Morgan fingerprint density at radius 1 is 1.36 bits per heavy atom. The average Bonchev–Trinajstić information content (AvgIpc) is 2.91. The monoisotopic (exact) mass is 321 g/mol. The van der Waals surface area contributed by atoms with Gasteiger partial charge in [-0.05, 0) is 12.1 Å². The van der Waals surface area contributed by atoms with Crippen LogP contribution in [-0.4, -0.2) is 37.5 Å². The zero-order valence-corrected chi connectivity index (χ0v) is 12.2. The number of H-pyrrole nitrogens is 1. The lowest BCUT2D eigenvalue weighted by Crippen LogP contribution is -2.07. The summed E-state index contributed by atoms with van der Waals surface area (Å²) in [7, 11) is 0. The number of hydrogen-bond donors (Lipinski definition) is 2. The molecule has 0 saturated heterocycles. The first kappa shape index (κ1) is 15.6. The van der Waals surface area contributed by atoms with Crippen LogP contribution >= 0.6 is 11.8 Å². The number of amides is 1. The lowest BCUT2D eigenvalue weighted by atomic mass is 10.1. The third-order valence-corrected chi connectivity index (χ3v) is 3.34. The van der Waals surface area contributed by atoms with E-state index in [1.54, 1.807) is 0 Å². The van der Waals surface area contributed by atoms with Crippen LogP contribution in [0.1, 0.15) is 17.3 Å². The van der Waals surface area contributed by atoms with Gasteiger partial charge >= 0.3 is 0 Å². The largest absolute Gasteiger partial charge is 0.295 e. The molecule has 1 aromatic heterocycles. The molecule has 2 rings (SSSR count). The number of carbonyl (C=O) groups excluding carboxylic acids is 2. The Labute approximate surface area is 128 Å². The fraction of sp³-hybridized carbons (Fsp3) is 0.167. The van der Waals surface area contributed by atoms with E-state index in [-0.39, 0.29) is 29.1 Å². The molecule has 0 saturated carbocycles. The number of nitro groups is 1. The number of aromatic amines is 1. The van der Waals surface area contributed by atoms with Crippen molar-refractivity contribution in [2.24, 2.45) is 0 Å². The van der Waals surface area contributed by atoms with Gasteiger partial charge < -0.3 is 0 Å². The summed E-state index contributed by atoms with van der Waals surface area (Å²) in [6.45, 7) is 1.34. The summed E-state index contributed by atoms with van der Waals surface area (Å²) in [6.07, 6.45) is 0. The lowest BCUT2D eigenvalue weighted by Gasteiger charge is -1.99. The minimum atomic E-state index is -0.528. The van der Waals surface area contributed by atoms with Crippen LogP contribution in [0.5, 0.6) is 0 Å². The zero-order valence-electron chi connectivity index (χ0n) is 11.4. The minimum Gasteiger partial charge on any atom is -0.295 e. The highest BCUT2D eigenvalue weighted by atomic mass is 32.2. The Bertz CT molecular complexity index is 713. The van der Waals surface area contributed by atoms with Crippen molar-refractivity contribution in [3.05, 3.63) is 39.9 Å². The van der Waals surface area contributed by atoms with Gasteiger partial charge in [0.05, 0.1) is 10.7 Å². The molecule has 0 bridgehead atoms. The van der Waals surface area contributed by atoms with Crippen LogP contribution in [0.25, 0.3) is 0 Å². The van der Waals surface area contributed by atoms with E-state index in [0.29, 0.717) is 10.7 Å². The van der Waals surface area contributed by atoms with Gasteiger partial charge in [-0.15, -0.1) is 5.10 Å². The van der Waals surface area contributed by atoms with Crippen LogP contribution in [-0.2, 0) is 4.79 Å². The second kappa shape index (κ2) is 6.80. The number of aromatic nitrogens is 3. The van der Waals surface area contributed by atoms with Gasteiger partial charge in [0, 0.05) is 24.6 Å². The number of Topliss-reactive ketones (excluding diaryl/α,β-unsaturated/α-hetero) is 1. The molecule has 0 aliphatic rings. The molecule has 22 heavy (non-hydrogen) atoms. The number of anilines is 1. The maximum Gasteiger partial charge on any atom is 0.269 e. The highest BCUT2D eigenvalue weighted by Gasteiger charge is 2.12. The highest BCUT2D eigenvalue weighted by molar-refractivity contribution is 7.99. The number of hydrogen-bond acceptors (Lipinski definition) is 7. The summed E-state index contributed by atoms with van der Waals surface area (Å²) in [6, 6.07) is 5.36. The Morgan fingerprint density at radius 3 is 2.64 bits per heavy atom. The quantitative estimate of drug-likeness (QED) is 0.358. The summed E-state index contributed by atoms with van der Waals surface area (Å²) in [5.74, 6) is -0.201. The summed E-state index contributed by atoms with van der Waals surface area (Å²) in [4.78, 5) is 36.8. The summed E-state index contributed by atoms with van der Waals surface area (Å²) < 4.78 is 0. The number of benzene rings is 1. The van der Waals surface area contributed by atoms with E-state index >= 15 is 0 Å². The molecule has 1 heterocycles. The normalized spacial score (nSPS) is 10.2. The Morgan fingerprint density at radius 2 is 2.05 bits per heavy atom. The van der Waals surface area contributed by atoms with Crippen LogP contribution in [0, 0.1) is 10.1 Å². The molecule has 0 aliphatic carbocycles. The van der Waals surface area contributed by atoms with Crippen LogP contribution in [0.4, 0.5) is 11.6 Å². The van der Waals surface area contributed by atoms with E-state index in [0.717, 1.165) is 11.8 Å². The fourth-order valence-electron chi connectivity index (χ4n) is 1.52. The maximum atomic E-state index is 12.0. The van der Waals surface area contributed by atoms with E-state index in [9.17, 15) is 19.7 Å². The predicted molar refractivity (Wildman–Crippen MR) is 78.8 cm³/mol. The first-order valence-corrected chi connectivity index (χ1v) is 7.04. The third kappa shape index (κ3) is 4.12. The fourth-order valence-corrected chi connectivity index (χ4v) is 2.21. The molecule has 10 heteroatoms. The first-order chi connectivity index (χ1) is 10.5. The molecule has 0 radical (unpaired) electrons. The van der Waals surface area contributed by atoms with Crippen molar-refractivity contribution in [1.82, 2.24) is 15.2 Å². The molecule has 2 aromatic rings. The van der Waals surface area contributed by atoms with E-state index in [1.165, 1.54) is 31.2 Å². The Kier molecular flexibility index (Phi) is 4.84. The van der Waals surface area contributed by atoms with Crippen molar-refractivity contribution < 1.29 is 14.5 Å². The summed E-state index contributed by atoms with van der Waals surface area (Å²) in [5, 5.41) is 19.7. The van der Waals surface area contributed by atoms with E-state index in [1.807, 2.05) is 0 Å². The van der Waals surface area contributed by atoms with Gasteiger partial charge in [-0.25, -0.2) is 5.10 Å². The van der Waals surface area contributed by atoms with E-state index < -0.39 is 4.92 Å². The van der Waals surface area contributed by atoms with Gasteiger partial charge in [0.1, 0.15) is 0 Å². The van der Waals surface area contributed by atoms with Crippen molar-refractivity contribution in [3.63, 3.8) is 0 Å². The minimum absolute atomic E-state index is 0.0712. The zero-order chi connectivity index (χ0) is 16.1. The van der Waals surface area contributed by atoms with Gasteiger partial charge in [0.2, 0.25) is 17.0 Å². The van der Waals surface area contributed by atoms with Gasteiger partial charge in [-0.3, -0.25) is 25.0 Å². The highest BCUT2D eigenvalue weighted by Crippen LogP contribution is 2.18. The summed E-state index contributed by atoms with van der Waals surface area (Å²) >= 11 is 1.09. The van der Waals surface area contributed by atoms with E-state index in [2.05, 4.69) is 20.5 Å². The Hall–Kier alpha value is -2.75. The standard InChI is InChI=1S/C12H11N5O4S/c1-7(18)13-11-14-12(16-15-11)22-6-10(19)8-2-4-9(5-3-8)17(20)21/h2-5H,6H2,1H3,(H2,13,14,15,16,18). The van der Waals surface area contributed by atoms with Crippen LogP contribution < -0.4 is 5.32 Å². The molecule has 0 aliphatic heterocycles. The lowest BCUT2D eigenvalue weighted by molar-refractivity contribution is -0.384. The number of nitrogens with one attached hydrogen (secondary N) is 2. The molecule has 0 spiro atoms. The molecule has 0 fully saturated rings. The van der Waals surface area contributed by atoms with Gasteiger partial charge in [-0.1, -0.05) is 11.8 Å². The number of carbonyl (C=O) groups is 2. The number of ketones is 1. The molecule has 0 unspecified atom stereocenters. The molecule has 0 atom stereocenters. The van der Waals surface area contributed by atoms with Crippen molar-refractivity contribution in [3.8, 4) is 0 Å². The van der Waals surface area contributed by atoms with Crippen molar-refractivity contribution in [2.75, 3.05) is 11.1 Å². The smallest absolute Gasteiger partial charge is 0.269 e. The molecule has 2 N–H and O–H groups in total. The molecule has 9 nitrogen and oxygen atoms in total. The molecule has 114 valence electrons. The van der Waals surface area contributed by atoms with Crippen molar-refractivity contribution in [2.45, 2.75) is 12.1 Å². The van der Waals surface area contributed by atoms with Gasteiger partial charge in [0.15, 0.2) is 5.78 Å². The predicted octanol–water partition coefficient (Wildman–Crippen LogP) is 1.65. The number of non-ortho nitro benzene ring substituents is 1. The molecule has 1 amide bonds. The Balaban J connectivity index is 1.93. The van der Waals surface area contributed by atoms with Crippen LogP contribution in [0.2, 0.25) is 0 Å². The van der Waals surface area contributed by atoms with Crippen LogP contribution in [0.15, 0.2) is 29.4 Å². The number of nitro benzene ring substituents is 1. The van der Waals surface area contributed by atoms with E-state index in [4.69, 9.17) is 0 Å².